The molecule has 0 spiro atoms. The van der Waals surface area contributed by atoms with Gasteiger partial charge in [-0.2, -0.15) is 0 Å². The second-order valence-corrected chi connectivity index (χ2v) is 5.29. The van der Waals surface area contributed by atoms with Crippen LogP contribution in [0, 0.1) is 11.6 Å². The van der Waals surface area contributed by atoms with E-state index in [1.165, 1.54) is 24.2 Å². The number of nitrogens with zero attached hydrogens (tertiary/aromatic N) is 3. The van der Waals surface area contributed by atoms with Crippen molar-refractivity contribution >= 4 is 17.5 Å². The number of thioether (sulfide) groups is 1. The van der Waals surface area contributed by atoms with Gasteiger partial charge in [0, 0.05) is 12.6 Å². The van der Waals surface area contributed by atoms with Crippen LogP contribution >= 0.6 is 11.8 Å². The molecular formula is C12H11F2N3OS. The molecule has 0 saturated carbocycles. The molecular weight excluding hydrogens is 272 g/mol. The van der Waals surface area contributed by atoms with E-state index in [1.54, 1.807) is 18.5 Å². The molecule has 4 nitrogen and oxygen atoms in total. The smallest absolute Gasteiger partial charge is 0.191 e. The van der Waals surface area contributed by atoms with Gasteiger partial charge in [0.25, 0.3) is 0 Å². The largest absolute Gasteiger partial charge is 0.312 e. The highest BCUT2D eigenvalue weighted by Gasteiger charge is 2.19. The minimum absolute atomic E-state index is 0.140. The van der Waals surface area contributed by atoms with Crippen molar-refractivity contribution in [2.45, 2.75) is 17.3 Å². The molecule has 0 aliphatic heterocycles. The van der Waals surface area contributed by atoms with Crippen LogP contribution in [0.2, 0.25) is 0 Å². The number of aryl methyl sites for hydroxylation is 1. The fourth-order valence-corrected chi connectivity index (χ4v) is 2.34. The fourth-order valence-electron chi connectivity index (χ4n) is 1.48. The zero-order chi connectivity index (χ0) is 14.0. The van der Waals surface area contributed by atoms with Crippen LogP contribution in [0.5, 0.6) is 0 Å². The highest BCUT2D eigenvalue weighted by molar-refractivity contribution is 8.00. The average molecular weight is 283 g/mol. The van der Waals surface area contributed by atoms with Crippen molar-refractivity contribution in [1.82, 2.24) is 14.8 Å². The summed E-state index contributed by atoms with van der Waals surface area (Å²) in [5.41, 5.74) is 0.140. The Morgan fingerprint density at radius 3 is 2.68 bits per heavy atom. The van der Waals surface area contributed by atoms with Crippen LogP contribution in [-0.4, -0.2) is 25.8 Å². The van der Waals surface area contributed by atoms with E-state index in [1.807, 2.05) is 0 Å². The molecule has 1 unspecified atom stereocenters. The minimum Gasteiger partial charge on any atom is -0.312 e. The Bertz CT molecular complexity index is 615. The van der Waals surface area contributed by atoms with Crippen LogP contribution < -0.4 is 0 Å². The summed E-state index contributed by atoms with van der Waals surface area (Å²) in [5, 5.41) is 7.68. The summed E-state index contributed by atoms with van der Waals surface area (Å²) < 4.78 is 27.6. The fraction of sp³-hybridized carbons (Fsp3) is 0.250. The van der Waals surface area contributed by atoms with E-state index in [2.05, 4.69) is 10.2 Å². The second kappa shape index (κ2) is 5.48. The van der Waals surface area contributed by atoms with E-state index in [9.17, 15) is 13.6 Å². The first-order valence-electron chi connectivity index (χ1n) is 5.49. The van der Waals surface area contributed by atoms with Crippen molar-refractivity contribution in [3.8, 4) is 0 Å². The molecule has 0 aliphatic carbocycles. The molecule has 2 rings (SSSR count). The minimum atomic E-state index is -1.03. The SMILES string of the molecule is CC(Sc1nncn1C)C(=O)c1ccc(F)c(F)c1. The Balaban J connectivity index is 2.15. The summed E-state index contributed by atoms with van der Waals surface area (Å²) in [6, 6.07) is 3.13. The van der Waals surface area contributed by atoms with E-state index in [4.69, 9.17) is 0 Å². The molecule has 2 aromatic rings. The third-order valence-electron chi connectivity index (χ3n) is 2.53. The van der Waals surface area contributed by atoms with Crippen LogP contribution in [0.1, 0.15) is 17.3 Å². The highest BCUT2D eigenvalue weighted by Crippen LogP contribution is 2.23. The third kappa shape index (κ3) is 2.98. The zero-order valence-electron chi connectivity index (χ0n) is 10.3. The Morgan fingerprint density at radius 2 is 2.11 bits per heavy atom. The Kier molecular flexibility index (Phi) is 3.94. The molecule has 0 aliphatic rings. The lowest BCUT2D eigenvalue weighted by Crippen LogP contribution is -2.14. The molecule has 0 bridgehead atoms. The maximum atomic E-state index is 13.1. The number of hydrogen-bond acceptors (Lipinski definition) is 4. The summed E-state index contributed by atoms with van der Waals surface area (Å²) in [6.45, 7) is 1.68. The van der Waals surface area contributed by atoms with Gasteiger partial charge in [0.15, 0.2) is 22.6 Å². The highest BCUT2D eigenvalue weighted by atomic mass is 32.2. The maximum Gasteiger partial charge on any atom is 0.191 e. The van der Waals surface area contributed by atoms with Gasteiger partial charge in [-0.25, -0.2) is 8.78 Å². The van der Waals surface area contributed by atoms with Gasteiger partial charge in [0.2, 0.25) is 0 Å². The van der Waals surface area contributed by atoms with Crippen molar-refractivity contribution in [3.63, 3.8) is 0 Å². The van der Waals surface area contributed by atoms with E-state index < -0.39 is 16.9 Å². The summed E-state index contributed by atoms with van der Waals surface area (Å²) >= 11 is 1.21. The van der Waals surface area contributed by atoms with Crippen molar-refractivity contribution in [2.24, 2.45) is 7.05 Å². The van der Waals surface area contributed by atoms with Gasteiger partial charge in [-0.05, 0) is 25.1 Å². The third-order valence-corrected chi connectivity index (χ3v) is 3.67. The summed E-state index contributed by atoms with van der Waals surface area (Å²) in [6.07, 6.45) is 1.52. The number of halogens is 2. The van der Waals surface area contributed by atoms with E-state index in [0.717, 1.165) is 12.1 Å². The predicted octanol–water partition coefficient (Wildman–Crippen LogP) is 2.46. The van der Waals surface area contributed by atoms with E-state index in [0.29, 0.717) is 5.16 Å². The lowest BCUT2D eigenvalue weighted by Gasteiger charge is -2.09. The van der Waals surface area contributed by atoms with Crippen molar-refractivity contribution in [1.29, 1.82) is 0 Å². The number of ketones is 1. The number of rotatable bonds is 4. The number of aromatic nitrogens is 3. The van der Waals surface area contributed by atoms with Crippen LogP contribution in [0.15, 0.2) is 29.7 Å². The van der Waals surface area contributed by atoms with Gasteiger partial charge in [-0.1, -0.05) is 11.8 Å². The molecule has 7 heteroatoms. The van der Waals surface area contributed by atoms with Crippen LogP contribution in [-0.2, 0) is 7.05 Å². The first-order chi connectivity index (χ1) is 8.99. The Labute approximate surface area is 112 Å². The van der Waals surface area contributed by atoms with E-state index in [-0.39, 0.29) is 11.3 Å². The molecule has 0 amide bonds. The maximum absolute atomic E-state index is 13.1. The molecule has 100 valence electrons. The van der Waals surface area contributed by atoms with Gasteiger partial charge in [0.05, 0.1) is 5.25 Å². The molecule has 1 aromatic carbocycles. The van der Waals surface area contributed by atoms with E-state index >= 15 is 0 Å². The first kappa shape index (κ1) is 13.7. The molecule has 1 atom stereocenters. The molecule has 19 heavy (non-hydrogen) atoms. The van der Waals surface area contributed by atoms with Crippen molar-refractivity contribution < 1.29 is 13.6 Å². The predicted molar refractivity (Wildman–Crippen MR) is 67.0 cm³/mol. The van der Waals surface area contributed by atoms with Crippen LogP contribution in [0.25, 0.3) is 0 Å². The number of benzene rings is 1. The number of Topliss-reactive ketones (excluding diaryl/α,β-unsaturated/α-hetero) is 1. The molecule has 1 aromatic heterocycles. The quantitative estimate of drug-likeness (QED) is 0.639. The van der Waals surface area contributed by atoms with Gasteiger partial charge < -0.3 is 4.57 Å². The summed E-state index contributed by atoms with van der Waals surface area (Å²) in [5.74, 6) is -2.28. The van der Waals surface area contributed by atoms with Crippen molar-refractivity contribution in [3.05, 3.63) is 41.7 Å². The lowest BCUT2D eigenvalue weighted by molar-refractivity contribution is 0.0993. The summed E-state index contributed by atoms with van der Waals surface area (Å²) in [4.78, 5) is 12.1. The topological polar surface area (TPSA) is 47.8 Å². The lowest BCUT2D eigenvalue weighted by atomic mass is 10.1. The molecule has 0 fully saturated rings. The zero-order valence-corrected chi connectivity index (χ0v) is 11.1. The first-order valence-corrected chi connectivity index (χ1v) is 6.37. The Hall–Kier alpha value is -1.76. The van der Waals surface area contributed by atoms with Crippen LogP contribution in [0.4, 0.5) is 8.78 Å². The van der Waals surface area contributed by atoms with Crippen LogP contribution in [0.3, 0.4) is 0 Å². The number of carbonyl (C=O) groups is 1. The van der Waals surface area contributed by atoms with Gasteiger partial charge in [0.1, 0.15) is 6.33 Å². The standard InChI is InChI=1S/C12H11F2N3OS/c1-7(19-12-16-15-6-17(12)2)11(18)8-3-4-9(13)10(14)5-8/h3-7H,1-2H3. The van der Waals surface area contributed by atoms with Crippen molar-refractivity contribution in [2.75, 3.05) is 0 Å². The average Bonchev–Trinajstić information content (AvgIpc) is 2.77. The Morgan fingerprint density at radius 1 is 1.37 bits per heavy atom. The van der Waals surface area contributed by atoms with Gasteiger partial charge >= 0.3 is 0 Å². The number of hydrogen-bond donors (Lipinski definition) is 0. The monoisotopic (exact) mass is 283 g/mol. The molecule has 0 saturated heterocycles. The summed E-state index contributed by atoms with van der Waals surface area (Å²) in [7, 11) is 1.76. The molecule has 0 radical (unpaired) electrons. The molecule has 0 N–H and O–H groups in total. The molecule has 1 heterocycles. The van der Waals surface area contributed by atoms with Gasteiger partial charge in [-0.15, -0.1) is 10.2 Å². The number of carbonyl (C=O) groups excluding carboxylic acids is 1. The van der Waals surface area contributed by atoms with Gasteiger partial charge in [-0.3, -0.25) is 4.79 Å². The normalized spacial score (nSPS) is 12.4. The second-order valence-electron chi connectivity index (χ2n) is 3.98.